The smallest absolute Gasteiger partial charge is 0.153 e. The third-order valence-electron chi connectivity index (χ3n) is 2.83. The largest absolute Gasteiger partial charge is 0.456 e. The average molecular weight is 240 g/mol. The lowest BCUT2D eigenvalue weighted by Gasteiger charge is -1.98. The Morgan fingerprint density at radius 2 is 1.89 bits per heavy atom. The third-order valence-corrected chi connectivity index (χ3v) is 2.83. The molecule has 0 aliphatic heterocycles. The summed E-state index contributed by atoms with van der Waals surface area (Å²) in [6.07, 6.45) is 0.501. The highest BCUT2D eigenvalue weighted by atomic mass is 19.1. The second-order valence-corrected chi connectivity index (χ2v) is 4.00. The lowest BCUT2D eigenvalue weighted by Crippen LogP contribution is -1.87. The highest BCUT2D eigenvalue weighted by Gasteiger charge is 2.08. The fraction of sp³-hybridized carbons (Fsp3) is 0. The third kappa shape index (κ3) is 1.70. The summed E-state index contributed by atoms with van der Waals surface area (Å²) in [6, 6.07) is 13.8. The van der Waals surface area contributed by atoms with E-state index in [0.717, 1.165) is 11.0 Å². The number of carbonyl (C=O) groups excluding carboxylic acids is 1. The molecule has 0 N–H and O–H groups in total. The quantitative estimate of drug-likeness (QED) is 0.632. The number of fused-ring (bicyclic) bond motifs is 1. The van der Waals surface area contributed by atoms with Crippen LogP contribution in [0.25, 0.3) is 22.3 Å². The van der Waals surface area contributed by atoms with Crippen LogP contribution in [0.3, 0.4) is 0 Å². The number of furan rings is 1. The second-order valence-electron chi connectivity index (χ2n) is 4.00. The molecule has 0 aliphatic carbocycles. The molecule has 0 aliphatic rings. The van der Waals surface area contributed by atoms with Crippen molar-refractivity contribution in [2.45, 2.75) is 0 Å². The molecule has 0 saturated carbocycles. The molecule has 3 aromatic rings. The van der Waals surface area contributed by atoms with E-state index in [9.17, 15) is 9.18 Å². The van der Waals surface area contributed by atoms with Crippen LogP contribution in [-0.2, 0) is 0 Å². The van der Waals surface area contributed by atoms with Crippen molar-refractivity contribution in [2.24, 2.45) is 0 Å². The number of para-hydroxylation sites is 1. The first-order valence-corrected chi connectivity index (χ1v) is 5.51. The number of carbonyl (C=O) groups is 1. The molecule has 0 atom stereocenters. The molecule has 0 spiro atoms. The Hall–Kier alpha value is -2.42. The van der Waals surface area contributed by atoms with Crippen LogP contribution in [0.15, 0.2) is 52.9 Å². The minimum absolute atomic E-state index is 0.0351. The van der Waals surface area contributed by atoms with Crippen molar-refractivity contribution in [1.29, 1.82) is 0 Å². The molecule has 0 bridgehead atoms. The first kappa shape index (κ1) is 10.7. The number of hydrogen-bond donors (Lipinski definition) is 0. The van der Waals surface area contributed by atoms with Gasteiger partial charge in [-0.15, -0.1) is 0 Å². The fourth-order valence-electron chi connectivity index (χ4n) is 1.91. The second kappa shape index (κ2) is 4.11. The normalized spacial score (nSPS) is 10.7. The minimum atomic E-state index is -0.523. The molecule has 88 valence electrons. The highest BCUT2D eigenvalue weighted by Crippen LogP contribution is 2.28. The Bertz CT molecular complexity index is 695. The summed E-state index contributed by atoms with van der Waals surface area (Å²) in [5.41, 5.74) is 1.49. The van der Waals surface area contributed by atoms with Gasteiger partial charge < -0.3 is 4.42 Å². The van der Waals surface area contributed by atoms with E-state index in [0.29, 0.717) is 17.6 Å². The van der Waals surface area contributed by atoms with Gasteiger partial charge in [-0.3, -0.25) is 4.79 Å². The monoisotopic (exact) mass is 240 g/mol. The molecule has 2 nitrogen and oxygen atoms in total. The van der Waals surface area contributed by atoms with Gasteiger partial charge in [0.15, 0.2) is 6.29 Å². The summed E-state index contributed by atoms with van der Waals surface area (Å²) in [4.78, 5) is 10.7. The zero-order chi connectivity index (χ0) is 12.5. The lowest BCUT2D eigenvalue weighted by molar-refractivity contribution is 0.112. The van der Waals surface area contributed by atoms with Gasteiger partial charge in [0.05, 0.1) is 5.56 Å². The summed E-state index contributed by atoms with van der Waals surface area (Å²) < 4.78 is 18.9. The average Bonchev–Trinajstić information content (AvgIpc) is 2.83. The van der Waals surface area contributed by atoms with Crippen molar-refractivity contribution < 1.29 is 13.6 Å². The fourth-order valence-corrected chi connectivity index (χ4v) is 1.91. The summed E-state index contributed by atoms with van der Waals surface area (Å²) in [7, 11) is 0. The van der Waals surface area contributed by atoms with Crippen LogP contribution < -0.4 is 0 Å². The highest BCUT2D eigenvalue weighted by molar-refractivity contribution is 5.84. The molecule has 18 heavy (non-hydrogen) atoms. The van der Waals surface area contributed by atoms with Gasteiger partial charge in [0.1, 0.15) is 17.2 Å². The van der Waals surface area contributed by atoms with Gasteiger partial charge in [0.2, 0.25) is 0 Å². The Morgan fingerprint density at radius 3 is 2.67 bits per heavy atom. The van der Waals surface area contributed by atoms with Crippen LogP contribution >= 0.6 is 0 Å². The predicted octanol–water partition coefficient (Wildman–Crippen LogP) is 4.05. The van der Waals surface area contributed by atoms with E-state index in [1.165, 1.54) is 12.1 Å². The van der Waals surface area contributed by atoms with Crippen molar-refractivity contribution in [1.82, 2.24) is 0 Å². The molecule has 0 saturated heterocycles. The van der Waals surface area contributed by atoms with Gasteiger partial charge in [0.25, 0.3) is 0 Å². The van der Waals surface area contributed by atoms with E-state index in [2.05, 4.69) is 0 Å². The van der Waals surface area contributed by atoms with Crippen molar-refractivity contribution in [3.63, 3.8) is 0 Å². The van der Waals surface area contributed by atoms with E-state index < -0.39 is 5.82 Å². The van der Waals surface area contributed by atoms with Crippen LogP contribution in [0, 0.1) is 5.82 Å². The lowest BCUT2D eigenvalue weighted by atomic mass is 10.1. The van der Waals surface area contributed by atoms with Crippen LogP contribution in [-0.4, -0.2) is 6.29 Å². The van der Waals surface area contributed by atoms with Gasteiger partial charge in [-0.25, -0.2) is 4.39 Å². The molecule has 0 amide bonds. The van der Waals surface area contributed by atoms with Crippen LogP contribution in [0.2, 0.25) is 0 Å². The van der Waals surface area contributed by atoms with Crippen molar-refractivity contribution in [3.8, 4) is 11.3 Å². The molecule has 1 aromatic heterocycles. The predicted molar refractivity (Wildman–Crippen MR) is 67.0 cm³/mol. The Balaban J connectivity index is 2.16. The molecular weight excluding hydrogens is 231 g/mol. The van der Waals surface area contributed by atoms with E-state index in [4.69, 9.17) is 4.42 Å². The van der Waals surface area contributed by atoms with Crippen LogP contribution in [0.1, 0.15) is 10.4 Å². The Morgan fingerprint density at radius 1 is 1.06 bits per heavy atom. The van der Waals surface area contributed by atoms with Gasteiger partial charge in [-0.2, -0.15) is 0 Å². The Kier molecular flexibility index (Phi) is 2.45. The zero-order valence-electron chi connectivity index (χ0n) is 9.39. The first-order valence-electron chi connectivity index (χ1n) is 5.51. The number of benzene rings is 2. The molecule has 0 radical (unpaired) electrons. The minimum Gasteiger partial charge on any atom is -0.456 e. The first-order chi connectivity index (χ1) is 8.78. The van der Waals surface area contributed by atoms with Crippen LogP contribution in [0.4, 0.5) is 4.39 Å². The summed E-state index contributed by atoms with van der Waals surface area (Å²) >= 11 is 0. The topological polar surface area (TPSA) is 30.2 Å². The molecule has 2 aromatic carbocycles. The number of halogens is 1. The number of rotatable bonds is 2. The van der Waals surface area contributed by atoms with Gasteiger partial charge >= 0.3 is 0 Å². The summed E-state index contributed by atoms with van der Waals surface area (Å²) in [5, 5.41) is 0.976. The van der Waals surface area contributed by atoms with E-state index in [1.807, 2.05) is 30.3 Å². The van der Waals surface area contributed by atoms with E-state index in [1.54, 1.807) is 6.07 Å². The van der Waals surface area contributed by atoms with Gasteiger partial charge in [-0.05, 0) is 30.3 Å². The SMILES string of the molecule is O=Cc1cc(-c2cc3ccccc3o2)ccc1F. The molecule has 0 fully saturated rings. The molecule has 1 heterocycles. The van der Waals surface area contributed by atoms with Crippen LogP contribution in [0.5, 0.6) is 0 Å². The molecular formula is C15H9FO2. The summed E-state index contributed by atoms with van der Waals surface area (Å²) in [5.74, 6) is 0.101. The van der Waals surface area contributed by atoms with Gasteiger partial charge in [-0.1, -0.05) is 18.2 Å². The number of aldehydes is 1. The Labute approximate surface area is 103 Å². The molecule has 3 rings (SSSR count). The van der Waals surface area contributed by atoms with Crippen molar-refractivity contribution in [2.75, 3.05) is 0 Å². The van der Waals surface area contributed by atoms with Crippen molar-refractivity contribution in [3.05, 3.63) is 59.9 Å². The zero-order valence-corrected chi connectivity index (χ0v) is 9.39. The maximum absolute atomic E-state index is 13.2. The van der Waals surface area contributed by atoms with Crippen molar-refractivity contribution >= 4 is 17.3 Å². The standard InChI is InChI=1S/C15H9FO2/c16-13-6-5-11(7-12(13)9-17)15-8-10-3-1-2-4-14(10)18-15/h1-9H. The van der Waals surface area contributed by atoms with E-state index in [-0.39, 0.29) is 5.56 Å². The number of hydrogen-bond acceptors (Lipinski definition) is 2. The molecule has 3 heteroatoms. The maximum Gasteiger partial charge on any atom is 0.153 e. The summed E-state index contributed by atoms with van der Waals surface area (Å²) in [6.45, 7) is 0. The molecule has 0 unspecified atom stereocenters. The van der Waals surface area contributed by atoms with E-state index >= 15 is 0 Å². The maximum atomic E-state index is 13.2. The van der Waals surface area contributed by atoms with Gasteiger partial charge in [0, 0.05) is 10.9 Å².